The highest BCUT2D eigenvalue weighted by Gasteiger charge is 2.12. The zero-order chi connectivity index (χ0) is 13.2. The van der Waals surface area contributed by atoms with Crippen LogP contribution in [0.4, 0.5) is 5.69 Å². The van der Waals surface area contributed by atoms with Crippen molar-refractivity contribution in [2.24, 2.45) is 0 Å². The first kappa shape index (κ1) is 13.3. The molecule has 0 aliphatic carbocycles. The van der Waals surface area contributed by atoms with Crippen LogP contribution in [-0.4, -0.2) is 25.7 Å². The highest BCUT2D eigenvalue weighted by molar-refractivity contribution is 7.86. The molecular weight excluding hydrogens is 246 g/mol. The van der Waals surface area contributed by atoms with Gasteiger partial charge in [0.2, 0.25) is 5.91 Å². The second-order valence-corrected chi connectivity index (χ2v) is 5.18. The summed E-state index contributed by atoms with van der Waals surface area (Å²) in [5.41, 5.74) is 0.545. The standard InChI is InChI=1S/C10H13NO5S/c1-6-4-9(13)8(11-7(2)12)5-10(6)16-17(3,14)15/h4-5,13H,1-3H3,(H,11,12). The van der Waals surface area contributed by atoms with Crippen LogP contribution in [0.15, 0.2) is 12.1 Å². The maximum atomic E-state index is 11.0. The highest BCUT2D eigenvalue weighted by atomic mass is 32.2. The van der Waals surface area contributed by atoms with Crippen LogP contribution >= 0.6 is 0 Å². The molecule has 7 heteroatoms. The number of carbonyl (C=O) groups is 1. The number of aryl methyl sites for hydroxylation is 1. The second kappa shape index (κ2) is 4.62. The highest BCUT2D eigenvalue weighted by Crippen LogP contribution is 2.32. The van der Waals surface area contributed by atoms with Crippen molar-refractivity contribution in [2.45, 2.75) is 13.8 Å². The summed E-state index contributed by atoms with van der Waals surface area (Å²) >= 11 is 0. The minimum Gasteiger partial charge on any atom is -0.506 e. The molecular formula is C10H13NO5S. The van der Waals surface area contributed by atoms with Crippen LogP contribution in [0.1, 0.15) is 12.5 Å². The van der Waals surface area contributed by atoms with Crippen molar-refractivity contribution in [3.8, 4) is 11.5 Å². The van der Waals surface area contributed by atoms with Gasteiger partial charge < -0.3 is 14.6 Å². The van der Waals surface area contributed by atoms with Gasteiger partial charge in [-0.1, -0.05) is 0 Å². The van der Waals surface area contributed by atoms with Gasteiger partial charge in [-0.15, -0.1) is 0 Å². The number of amides is 1. The number of benzene rings is 1. The Balaban J connectivity index is 3.19. The van der Waals surface area contributed by atoms with Gasteiger partial charge in [0.15, 0.2) is 0 Å². The summed E-state index contributed by atoms with van der Waals surface area (Å²) in [4.78, 5) is 10.9. The molecule has 0 aliphatic rings. The van der Waals surface area contributed by atoms with E-state index in [4.69, 9.17) is 4.18 Å². The molecule has 94 valence electrons. The lowest BCUT2D eigenvalue weighted by molar-refractivity contribution is -0.114. The van der Waals surface area contributed by atoms with Gasteiger partial charge in [-0.2, -0.15) is 8.42 Å². The van der Waals surface area contributed by atoms with Gasteiger partial charge >= 0.3 is 10.1 Å². The number of nitrogens with one attached hydrogen (secondary N) is 1. The van der Waals surface area contributed by atoms with Crippen molar-refractivity contribution in [2.75, 3.05) is 11.6 Å². The largest absolute Gasteiger partial charge is 0.506 e. The number of phenols is 1. The number of anilines is 1. The van der Waals surface area contributed by atoms with Crippen molar-refractivity contribution in [3.63, 3.8) is 0 Å². The summed E-state index contributed by atoms with van der Waals surface area (Å²) in [6, 6.07) is 2.57. The molecule has 6 nitrogen and oxygen atoms in total. The fourth-order valence-corrected chi connectivity index (χ4v) is 1.72. The molecule has 0 fully saturated rings. The van der Waals surface area contributed by atoms with Crippen LogP contribution in [0.25, 0.3) is 0 Å². The molecule has 0 aliphatic heterocycles. The first-order valence-electron chi connectivity index (χ1n) is 4.69. The fourth-order valence-electron chi connectivity index (χ4n) is 1.22. The Morgan fingerprint density at radius 1 is 1.41 bits per heavy atom. The molecule has 0 aromatic heterocycles. The molecule has 1 aromatic rings. The third-order valence-electron chi connectivity index (χ3n) is 1.85. The first-order valence-corrected chi connectivity index (χ1v) is 6.51. The molecule has 0 bridgehead atoms. The number of hydrogen-bond acceptors (Lipinski definition) is 5. The molecule has 0 unspecified atom stereocenters. The van der Waals surface area contributed by atoms with E-state index >= 15 is 0 Å². The Morgan fingerprint density at radius 2 is 2.00 bits per heavy atom. The molecule has 0 saturated carbocycles. The van der Waals surface area contributed by atoms with E-state index in [1.807, 2.05) is 0 Å². The van der Waals surface area contributed by atoms with Crippen molar-refractivity contribution in [1.29, 1.82) is 0 Å². The summed E-state index contributed by atoms with van der Waals surface area (Å²) < 4.78 is 26.7. The molecule has 1 rings (SSSR count). The van der Waals surface area contributed by atoms with Crippen molar-refractivity contribution in [1.82, 2.24) is 0 Å². The Labute approximate surface area is 99.3 Å². The van der Waals surface area contributed by atoms with Gasteiger partial charge in [-0.3, -0.25) is 4.79 Å². The van der Waals surface area contributed by atoms with Crippen LogP contribution in [0, 0.1) is 6.92 Å². The van der Waals surface area contributed by atoms with Crippen LogP contribution in [-0.2, 0) is 14.9 Å². The lowest BCUT2D eigenvalue weighted by Crippen LogP contribution is -2.09. The maximum absolute atomic E-state index is 11.0. The lowest BCUT2D eigenvalue weighted by Gasteiger charge is -2.11. The normalized spacial score (nSPS) is 11.0. The third kappa shape index (κ3) is 3.95. The third-order valence-corrected chi connectivity index (χ3v) is 2.33. The summed E-state index contributed by atoms with van der Waals surface area (Å²) in [5.74, 6) is -0.470. The van der Waals surface area contributed by atoms with E-state index in [1.165, 1.54) is 19.1 Å². The molecule has 1 amide bonds. The average Bonchev–Trinajstić information content (AvgIpc) is 2.10. The van der Waals surface area contributed by atoms with Crippen molar-refractivity contribution >= 4 is 21.7 Å². The van der Waals surface area contributed by atoms with Crippen LogP contribution in [0.5, 0.6) is 11.5 Å². The second-order valence-electron chi connectivity index (χ2n) is 3.60. The van der Waals surface area contributed by atoms with Gasteiger partial charge in [0, 0.05) is 13.0 Å². The predicted octanol–water partition coefficient (Wildman–Crippen LogP) is 0.997. The van der Waals surface area contributed by atoms with Gasteiger partial charge in [0.05, 0.1) is 11.9 Å². The Morgan fingerprint density at radius 3 is 2.47 bits per heavy atom. The summed E-state index contributed by atoms with van der Waals surface area (Å²) in [6.07, 6.45) is 0.914. The van der Waals surface area contributed by atoms with E-state index in [1.54, 1.807) is 6.92 Å². The van der Waals surface area contributed by atoms with Crippen molar-refractivity contribution in [3.05, 3.63) is 17.7 Å². The minimum absolute atomic E-state index is 0.0639. The molecule has 0 heterocycles. The van der Waals surface area contributed by atoms with Gasteiger partial charge in [0.25, 0.3) is 0 Å². The molecule has 0 atom stereocenters. The molecule has 2 N–H and O–H groups in total. The van der Waals surface area contributed by atoms with Gasteiger partial charge in [-0.05, 0) is 18.6 Å². The zero-order valence-corrected chi connectivity index (χ0v) is 10.5. The number of rotatable bonds is 3. The number of aromatic hydroxyl groups is 1. The number of phenolic OH excluding ortho intramolecular Hbond substituents is 1. The quantitative estimate of drug-likeness (QED) is 0.624. The smallest absolute Gasteiger partial charge is 0.306 e. The van der Waals surface area contributed by atoms with Crippen LogP contribution in [0.2, 0.25) is 0 Å². The predicted molar refractivity (Wildman–Crippen MR) is 62.6 cm³/mol. The first-order chi connectivity index (χ1) is 7.69. The van der Waals surface area contributed by atoms with Crippen LogP contribution < -0.4 is 9.50 Å². The van der Waals surface area contributed by atoms with E-state index in [2.05, 4.69) is 5.32 Å². The molecule has 0 radical (unpaired) electrons. The monoisotopic (exact) mass is 259 g/mol. The van der Waals surface area contributed by atoms with Crippen molar-refractivity contribution < 1.29 is 22.5 Å². The molecule has 0 saturated heterocycles. The van der Waals surface area contributed by atoms with E-state index in [9.17, 15) is 18.3 Å². The Bertz CT molecular complexity index is 550. The maximum Gasteiger partial charge on any atom is 0.306 e. The zero-order valence-electron chi connectivity index (χ0n) is 9.64. The van der Waals surface area contributed by atoms with E-state index in [-0.39, 0.29) is 23.1 Å². The summed E-state index contributed by atoms with van der Waals surface area (Å²) in [7, 11) is -3.65. The van der Waals surface area contributed by atoms with E-state index < -0.39 is 10.1 Å². The molecule has 1 aromatic carbocycles. The van der Waals surface area contributed by atoms with Gasteiger partial charge in [0.1, 0.15) is 11.5 Å². The Hall–Kier alpha value is -1.76. The van der Waals surface area contributed by atoms with E-state index in [0.717, 1.165) is 6.26 Å². The summed E-state index contributed by atoms with van der Waals surface area (Å²) in [6.45, 7) is 2.86. The fraction of sp³-hybridized carbons (Fsp3) is 0.300. The topological polar surface area (TPSA) is 92.7 Å². The lowest BCUT2D eigenvalue weighted by atomic mass is 10.2. The summed E-state index contributed by atoms with van der Waals surface area (Å²) in [5, 5.41) is 11.9. The minimum atomic E-state index is -3.65. The van der Waals surface area contributed by atoms with Gasteiger partial charge in [-0.25, -0.2) is 0 Å². The molecule has 0 spiro atoms. The Kier molecular flexibility index (Phi) is 3.62. The number of carbonyl (C=O) groups excluding carboxylic acids is 1. The van der Waals surface area contributed by atoms with Crippen LogP contribution in [0.3, 0.4) is 0 Å². The van der Waals surface area contributed by atoms with E-state index in [0.29, 0.717) is 5.56 Å². The number of hydrogen-bond donors (Lipinski definition) is 2. The average molecular weight is 259 g/mol. The SMILES string of the molecule is CC(=O)Nc1cc(OS(C)(=O)=O)c(C)cc1O. The molecule has 17 heavy (non-hydrogen) atoms.